The second-order valence-corrected chi connectivity index (χ2v) is 9.87. The Bertz CT molecular complexity index is 1120. The lowest BCUT2D eigenvalue weighted by molar-refractivity contribution is -0.134. The van der Waals surface area contributed by atoms with Gasteiger partial charge < -0.3 is 15.1 Å². The third-order valence-electron chi connectivity index (χ3n) is 4.29. The average molecular weight is 522 g/mol. The number of benzene rings is 2. The highest BCUT2D eigenvalue weighted by Gasteiger charge is 2.20. The fourth-order valence-corrected chi connectivity index (χ4v) is 4.60. The number of carboxylic acids is 2. The predicted molar refractivity (Wildman–Crippen MR) is 141 cm³/mol. The summed E-state index contributed by atoms with van der Waals surface area (Å²) in [5.41, 5.74) is 3.54. The van der Waals surface area contributed by atoms with Crippen molar-refractivity contribution < 1.29 is 19.8 Å². The fraction of sp³-hybridized carbons (Fsp3) is 0.250. The number of fused-ring (bicyclic) bond motifs is 1. The molecule has 2 N–H and O–H groups in total. The van der Waals surface area contributed by atoms with Crippen molar-refractivity contribution in [2.24, 2.45) is 9.98 Å². The third kappa shape index (κ3) is 8.95. The molecule has 0 fully saturated rings. The number of rotatable bonds is 6. The Morgan fingerprint density at radius 1 is 1.09 bits per heavy atom. The van der Waals surface area contributed by atoms with Gasteiger partial charge in [0.25, 0.3) is 0 Å². The number of hydrogen-bond donors (Lipinski definition) is 2. The topological polar surface area (TPSA) is 103 Å². The van der Waals surface area contributed by atoms with E-state index in [-0.39, 0.29) is 0 Å². The first kappa shape index (κ1) is 27.6. The smallest absolute Gasteiger partial charge is 0.328 e. The van der Waals surface area contributed by atoms with E-state index in [1.165, 1.54) is 0 Å². The van der Waals surface area contributed by atoms with Crippen LogP contribution in [0.25, 0.3) is 0 Å². The number of hydrogen-bond acceptors (Lipinski definition) is 6. The molecule has 1 atom stereocenters. The monoisotopic (exact) mass is 521 g/mol. The zero-order valence-corrected chi connectivity index (χ0v) is 21.2. The molecule has 2 aromatic carbocycles. The van der Waals surface area contributed by atoms with Crippen LogP contribution in [0.4, 0.5) is 5.69 Å². The highest BCUT2D eigenvalue weighted by molar-refractivity contribution is 8.14. The Kier molecular flexibility index (Phi) is 10.8. The predicted octanol–water partition coefficient (Wildman–Crippen LogP) is 5.27. The van der Waals surface area contributed by atoms with Crippen molar-refractivity contribution >= 4 is 63.3 Å². The highest BCUT2D eigenvalue weighted by atomic mass is 35.5. The van der Waals surface area contributed by atoms with Crippen molar-refractivity contribution in [1.29, 1.82) is 0 Å². The van der Waals surface area contributed by atoms with Gasteiger partial charge in [0, 0.05) is 45.1 Å². The number of aliphatic imine (C=N–C) groups is 2. The zero-order chi connectivity index (χ0) is 25.3. The second kappa shape index (κ2) is 13.3. The lowest BCUT2D eigenvalue weighted by atomic mass is 10.0. The van der Waals surface area contributed by atoms with Crippen molar-refractivity contribution in [3.63, 3.8) is 0 Å². The van der Waals surface area contributed by atoms with Crippen molar-refractivity contribution in [3.8, 4) is 0 Å². The first-order valence-electron chi connectivity index (χ1n) is 10.2. The summed E-state index contributed by atoms with van der Waals surface area (Å²) in [5, 5.41) is 18.4. The van der Waals surface area contributed by atoms with Gasteiger partial charge in [-0.3, -0.25) is 4.99 Å². The minimum Gasteiger partial charge on any atom is -0.478 e. The molecule has 10 heteroatoms. The van der Waals surface area contributed by atoms with E-state index >= 15 is 0 Å². The Balaban J connectivity index is 0.000000440. The van der Waals surface area contributed by atoms with Crippen molar-refractivity contribution in [3.05, 3.63) is 75.8 Å². The van der Waals surface area contributed by atoms with Crippen molar-refractivity contribution in [2.45, 2.75) is 12.2 Å². The van der Waals surface area contributed by atoms with E-state index in [9.17, 15) is 9.59 Å². The van der Waals surface area contributed by atoms with Crippen LogP contribution in [0.3, 0.4) is 0 Å². The molecular formula is C24H25Cl2N3O4S. The van der Waals surface area contributed by atoms with Crippen LogP contribution in [0.1, 0.15) is 18.1 Å². The summed E-state index contributed by atoms with van der Waals surface area (Å²) in [5.74, 6) is -2.51. The molecule has 0 radical (unpaired) electrons. The molecule has 0 amide bonds. The Morgan fingerprint density at radius 2 is 1.74 bits per heavy atom. The maximum atomic E-state index is 9.55. The van der Waals surface area contributed by atoms with Gasteiger partial charge in [-0.1, -0.05) is 48.3 Å². The van der Waals surface area contributed by atoms with Crippen LogP contribution in [-0.2, 0) is 9.59 Å². The number of carbonyl (C=O) groups is 2. The quantitative estimate of drug-likeness (QED) is 0.502. The summed E-state index contributed by atoms with van der Waals surface area (Å²) in [6, 6.07) is 13.5. The molecule has 34 heavy (non-hydrogen) atoms. The molecule has 0 saturated carbocycles. The van der Waals surface area contributed by atoms with Gasteiger partial charge in [-0.15, -0.1) is 11.8 Å². The molecule has 0 spiro atoms. The molecule has 0 bridgehead atoms. The third-order valence-corrected chi connectivity index (χ3v) is 5.90. The molecule has 0 aliphatic carbocycles. The van der Waals surface area contributed by atoms with Crippen LogP contribution < -0.4 is 0 Å². The molecule has 1 aliphatic rings. The summed E-state index contributed by atoms with van der Waals surface area (Å²) in [6.45, 7) is 3.73. The van der Waals surface area contributed by atoms with Crippen LogP contribution >= 0.6 is 35.0 Å². The number of nitrogens with zero attached hydrogens (tertiary/aromatic N) is 3. The molecule has 7 nitrogen and oxygen atoms in total. The number of aliphatic carboxylic acids is 2. The van der Waals surface area contributed by atoms with E-state index in [4.69, 9.17) is 43.4 Å². The molecule has 1 heterocycles. The first-order chi connectivity index (χ1) is 16.1. The maximum Gasteiger partial charge on any atom is 0.328 e. The summed E-state index contributed by atoms with van der Waals surface area (Å²) in [6.07, 6.45) is 1.12. The highest BCUT2D eigenvalue weighted by Crippen LogP contribution is 2.32. The van der Waals surface area contributed by atoms with Crippen molar-refractivity contribution in [2.75, 3.05) is 27.2 Å². The SMILES string of the molecule is CC(CN(C)C)SC1=Nc2ccc(Cl)cc2C(c2ccccc2Cl)=NC1.O=C(O)C=CC(=O)O. The summed E-state index contributed by atoms with van der Waals surface area (Å²) < 4.78 is 0. The molecule has 1 unspecified atom stereocenters. The van der Waals surface area contributed by atoms with Gasteiger partial charge in [-0.2, -0.15) is 0 Å². The summed E-state index contributed by atoms with van der Waals surface area (Å²) in [7, 11) is 4.16. The van der Waals surface area contributed by atoms with Crippen LogP contribution in [-0.4, -0.2) is 70.2 Å². The average Bonchev–Trinajstić information content (AvgIpc) is 2.91. The van der Waals surface area contributed by atoms with Gasteiger partial charge in [0.05, 0.1) is 23.0 Å². The maximum absolute atomic E-state index is 9.55. The van der Waals surface area contributed by atoms with Gasteiger partial charge in [-0.05, 0) is 38.4 Å². The molecule has 1 aliphatic heterocycles. The summed E-state index contributed by atoms with van der Waals surface area (Å²) >= 11 is 14.5. The molecule has 3 rings (SSSR count). The minimum atomic E-state index is -1.26. The fourth-order valence-electron chi connectivity index (χ4n) is 3.07. The Hall–Kier alpha value is -2.65. The molecular weight excluding hydrogens is 497 g/mol. The number of thioether (sulfide) groups is 1. The Labute approximate surface area is 212 Å². The summed E-state index contributed by atoms with van der Waals surface area (Å²) in [4.78, 5) is 31.0. The molecule has 0 aromatic heterocycles. The largest absolute Gasteiger partial charge is 0.478 e. The van der Waals surface area contributed by atoms with E-state index in [2.05, 4.69) is 25.9 Å². The van der Waals surface area contributed by atoms with Gasteiger partial charge >= 0.3 is 11.9 Å². The molecule has 2 aromatic rings. The first-order valence-corrected chi connectivity index (χ1v) is 11.8. The minimum absolute atomic E-state index is 0.427. The lowest BCUT2D eigenvalue weighted by Gasteiger charge is -2.16. The van der Waals surface area contributed by atoms with Crippen molar-refractivity contribution in [1.82, 2.24) is 4.90 Å². The van der Waals surface area contributed by atoms with E-state index in [1.54, 1.807) is 11.8 Å². The zero-order valence-electron chi connectivity index (χ0n) is 18.9. The number of halogens is 2. The van der Waals surface area contributed by atoms with Gasteiger partial charge in [0.1, 0.15) is 0 Å². The molecule has 0 saturated heterocycles. The van der Waals surface area contributed by atoms with Gasteiger partial charge in [0.2, 0.25) is 0 Å². The van der Waals surface area contributed by atoms with E-state index in [1.807, 2.05) is 42.5 Å². The Morgan fingerprint density at radius 3 is 2.32 bits per heavy atom. The van der Waals surface area contributed by atoms with E-state index in [0.717, 1.165) is 34.1 Å². The van der Waals surface area contributed by atoms with Gasteiger partial charge in [0.15, 0.2) is 0 Å². The normalized spacial score (nSPS) is 13.8. The van der Waals surface area contributed by atoms with E-state index < -0.39 is 11.9 Å². The van der Waals surface area contributed by atoms with Crippen LogP contribution in [0.2, 0.25) is 10.0 Å². The van der Waals surface area contributed by atoms with Crippen LogP contribution in [0, 0.1) is 0 Å². The lowest BCUT2D eigenvalue weighted by Crippen LogP contribution is -2.22. The second-order valence-electron chi connectivity index (χ2n) is 7.51. The van der Waals surface area contributed by atoms with E-state index in [0.29, 0.717) is 34.0 Å². The molecule has 180 valence electrons. The van der Waals surface area contributed by atoms with Crippen LogP contribution in [0.5, 0.6) is 0 Å². The van der Waals surface area contributed by atoms with Gasteiger partial charge in [-0.25, -0.2) is 14.6 Å². The van der Waals surface area contributed by atoms with Crippen LogP contribution in [0.15, 0.2) is 64.6 Å². The number of carboxylic acid groups (broad SMARTS) is 2. The standard InChI is InChI=1S/C20H21Cl2N3S.C4H4O4/c1-13(12-25(2)3)26-19-11-23-20(15-6-4-5-7-17(15)22)16-10-14(21)8-9-18(16)24-19;5-3(6)1-2-4(7)8/h4-10,13H,11-12H2,1-3H3;1-2H,(H,5,6)(H,7,8).